The molecule has 1 rings (SSSR count). The number of nitrogens with two attached hydrogens (primary N) is 1. The lowest BCUT2D eigenvalue weighted by Crippen LogP contribution is -2.31. The van der Waals surface area contributed by atoms with E-state index >= 15 is 0 Å². The zero-order valence-electron chi connectivity index (χ0n) is 10.9. The Kier molecular flexibility index (Phi) is 6.15. The first-order chi connectivity index (χ1) is 8.63. The van der Waals surface area contributed by atoms with Crippen LogP contribution in [0.2, 0.25) is 5.02 Å². The predicted molar refractivity (Wildman–Crippen MR) is 75.2 cm³/mol. The fourth-order valence-corrected chi connectivity index (χ4v) is 1.95. The van der Waals surface area contributed by atoms with Crippen molar-refractivity contribution in [1.82, 2.24) is 9.78 Å². The van der Waals surface area contributed by atoms with Crippen molar-refractivity contribution in [1.29, 1.82) is 0 Å². The smallest absolute Gasteiger partial charge is 0.287 e. The number of anilines is 1. The molecule has 1 heterocycles. The molecule has 0 spiro atoms. The Morgan fingerprint density at radius 2 is 2.22 bits per heavy atom. The van der Waals surface area contributed by atoms with Gasteiger partial charge in [-0.3, -0.25) is 4.79 Å². The highest BCUT2D eigenvalue weighted by atomic mass is 35.5. The summed E-state index contributed by atoms with van der Waals surface area (Å²) in [5, 5.41) is 7.46. The maximum atomic E-state index is 11.9. The molecule has 1 aromatic heterocycles. The van der Waals surface area contributed by atoms with Gasteiger partial charge in [-0.1, -0.05) is 31.9 Å². The highest BCUT2D eigenvalue weighted by Gasteiger charge is 2.12. The largest absolute Gasteiger partial charge is 0.378 e. The molecule has 102 valence electrons. The molecule has 1 unspecified atom stereocenters. The molecular weight excluding hydrogens is 252 g/mol. The molecule has 0 saturated carbocycles. The monoisotopic (exact) mass is 272 g/mol. The maximum absolute atomic E-state index is 11.9. The molecule has 0 aliphatic rings. The van der Waals surface area contributed by atoms with Crippen molar-refractivity contribution in [3.8, 4) is 0 Å². The van der Waals surface area contributed by atoms with Gasteiger partial charge in [-0.05, 0) is 12.8 Å². The van der Waals surface area contributed by atoms with E-state index in [2.05, 4.69) is 17.3 Å². The molecule has 3 N–H and O–H groups in total. The first kappa shape index (κ1) is 15.0. The van der Waals surface area contributed by atoms with Gasteiger partial charge in [0.25, 0.3) is 5.56 Å². The number of halogens is 1. The summed E-state index contributed by atoms with van der Waals surface area (Å²) in [5.41, 5.74) is 5.98. The van der Waals surface area contributed by atoms with E-state index in [9.17, 15) is 4.79 Å². The summed E-state index contributed by atoms with van der Waals surface area (Å²) in [6, 6.07) is 0.121. The minimum atomic E-state index is -0.254. The lowest BCUT2D eigenvalue weighted by Gasteiger charge is -2.18. The van der Waals surface area contributed by atoms with E-state index in [1.54, 1.807) is 6.20 Å². The van der Waals surface area contributed by atoms with Crippen LogP contribution >= 0.6 is 11.6 Å². The second-order valence-corrected chi connectivity index (χ2v) is 4.64. The van der Waals surface area contributed by atoms with Gasteiger partial charge in [0.15, 0.2) is 0 Å². The Hall–Kier alpha value is -1.07. The summed E-state index contributed by atoms with van der Waals surface area (Å²) in [7, 11) is 0. The minimum absolute atomic E-state index is 0.121. The SMILES string of the molecule is CCCC(CN)Nc1cnn(CCC)c(=O)c1Cl. The molecule has 0 fully saturated rings. The average Bonchev–Trinajstić information content (AvgIpc) is 2.37. The zero-order chi connectivity index (χ0) is 13.5. The lowest BCUT2D eigenvalue weighted by atomic mass is 10.1. The van der Waals surface area contributed by atoms with Gasteiger partial charge < -0.3 is 11.1 Å². The van der Waals surface area contributed by atoms with E-state index in [0.29, 0.717) is 18.8 Å². The van der Waals surface area contributed by atoms with E-state index in [0.717, 1.165) is 19.3 Å². The van der Waals surface area contributed by atoms with Crippen molar-refractivity contribution in [3.63, 3.8) is 0 Å². The van der Waals surface area contributed by atoms with Crippen molar-refractivity contribution in [3.05, 3.63) is 21.6 Å². The molecule has 18 heavy (non-hydrogen) atoms. The third-order valence-electron chi connectivity index (χ3n) is 2.70. The molecule has 0 aliphatic heterocycles. The number of rotatable bonds is 7. The van der Waals surface area contributed by atoms with Gasteiger partial charge in [0.05, 0.1) is 11.9 Å². The van der Waals surface area contributed by atoms with Gasteiger partial charge in [0, 0.05) is 19.1 Å². The first-order valence-corrected chi connectivity index (χ1v) is 6.74. The lowest BCUT2D eigenvalue weighted by molar-refractivity contribution is 0.567. The van der Waals surface area contributed by atoms with E-state index in [4.69, 9.17) is 17.3 Å². The van der Waals surface area contributed by atoms with Crippen molar-refractivity contribution in [2.24, 2.45) is 5.73 Å². The van der Waals surface area contributed by atoms with Crippen LogP contribution in [0, 0.1) is 0 Å². The molecule has 0 aromatic carbocycles. The van der Waals surface area contributed by atoms with Crippen LogP contribution in [-0.2, 0) is 6.54 Å². The molecule has 0 radical (unpaired) electrons. The van der Waals surface area contributed by atoms with Crippen LogP contribution in [0.1, 0.15) is 33.1 Å². The fourth-order valence-electron chi connectivity index (χ4n) is 1.75. The average molecular weight is 273 g/mol. The van der Waals surface area contributed by atoms with Crippen molar-refractivity contribution in [2.75, 3.05) is 11.9 Å². The van der Waals surface area contributed by atoms with Crippen LogP contribution in [-0.4, -0.2) is 22.4 Å². The Balaban J connectivity index is 2.91. The minimum Gasteiger partial charge on any atom is -0.378 e. The number of aromatic nitrogens is 2. The van der Waals surface area contributed by atoms with Crippen molar-refractivity contribution < 1.29 is 0 Å². The van der Waals surface area contributed by atoms with Gasteiger partial charge >= 0.3 is 0 Å². The number of aryl methyl sites for hydroxylation is 1. The van der Waals surface area contributed by atoms with Crippen molar-refractivity contribution >= 4 is 17.3 Å². The maximum Gasteiger partial charge on any atom is 0.287 e. The van der Waals surface area contributed by atoms with E-state index in [1.807, 2.05) is 6.92 Å². The van der Waals surface area contributed by atoms with E-state index in [1.165, 1.54) is 4.68 Å². The van der Waals surface area contributed by atoms with Gasteiger partial charge in [0.2, 0.25) is 0 Å². The van der Waals surface area contributed by atoms with Gasteiger partial charge in [-0.25, -0.2) is 4.68 Å². The molecule has 1 aromatic rings. The Morgan fingerprint density at radius 3 is 2.78 bits per heavy atom. The molecule has 6 heteroatoms. The second kappa shape index (κ2) is 7.38. The second-order valence-electron chi connectivity index (χ2n) is 4.27. The van der Waals surface area contributed by atoms with Crippen molar-refractivity contribution in [2.45, 2.75) is 45.7 Å². The van der Waals surface area contributed by atoms with Gasteiger partial charge in [-0.15, -0.1) is 0 Å². The fraction of sp³-hybridized carbons (Fsp3) is 0.667. The molecule has 0 amide bonds. The molecular formula is C12H21ClN4O. The molecule has 5 nitrogen and oxygen atoms in total. The van der Waals surface area contributed by atoms with Gasteiger partial charge in [-0.2, -0.15) is 5.10 Å². The summed E-state index contributed by atoms with van der Waals surface area (Å²) >= 11 is 6.06. The highest BCUT2D eigenvalue weighted by molar-refractivity contribution is 6.32. The van der Waals surface area contributed by atoms with Crippen LogP contribution in [0.5, 0.6) is 0 Å². The quantitative estimate of drug-likeness (QED) is 0.794. The Labute approximate surface area is 112 Å². The number of hydrogen-bond acceptors (Lipinski definition) is 4. The van der Waals surface area contributed by atoms with Gasteiger partial charge in [0.1, 0.15) is 5.02 Å². The number of nitrogens with one attached hydrogen (secondary N) is 1. The first-order valence-electron chi connectivity index (χ1n) is 6.36. The third kappa shape index (κ3) is 3.71. The topological polar surface area (TPSA) is 72.9 Å². The number of nitrogens with zero attached hydrogens (tertiary/aromatic N) is 2. The molecule has 0 aliphatic carbocycles. The summed E-state index contributed by atoms with van der Waals surface area (Å²) in [4.78, 5) is 11.9. The highest BCUT2D eigenvalue weighted by Crippen LogP contribution is 2.17. The Morgan fingerprint density at radius 1 is 1.50 bits per heavy atom. The summed E-state index contributed by atoms with van der Waals surface area (Å²) < 4.78 is 1.38. The normalized spacial score (nSPS) is 12.4. The summed E-state index contributed by atoms with van der Waals surface area (Å²) in [5.74, 6) is 0. The standard InChI is InChI=1S/C12H21ClN4O/c1-3-5-9(7-14)16-10-8-15-17(6-4-2)12(18)11(10)13/h8-9,16H,3-7,14H2,1-2H3. The summed E-state index contributed by atoms with van der Waals surface area (Å²) in [6.45, 7) is 5.15. The van der Waals surface area contributed by atoms with Crippen LogP contribution in [0.15, 0.2) is 11.0 Å². The van der Waals surface area contributed by atoms with Crippen LogP contribution < -0.4 is 16.6 Å². The van der Waals surface area contributed by atoms with Crippen LogP contribution in [0.3, 0.4) is 0 Å². The number of hydrogen-bond donors (Lipinski definition) is 2. The van der Waals surface area contributed by atoms with Crippen LogP contribution in [0.25, 0.3) is 0 Å². The molecule has 0 bridgehead atoms. The predicted octanol–water partition coefficient (Wildman–Crippen LogP) is 1.85. The molecule has 0 saturated heterocycles. The molecule has 1 atom stereocenters. The van der Waals surface area contributed by atoms with Crippen LogP contribution in [0.4, 0.5) is 5.69 Å². The van der Waals surface area contributed by atoms with E-state index in [-0.39, 0.29) is 16.6 Å². The third-order valence-corrected chi connectivity index (χ3v) is 3.07. The summed E-state index contributed by atoms with van der Waals surface area (Å²) in [6.07, 6.45) is 4.40. The van der Waals surface area contributed by atoms with E-state index < -0.39 is 0 Å². The zero-order valence-corrected chi connectivity index (χ0v) is 11.7. The Bertz CT molecular complexity index is 433.